The van der Waals surface area contributed by atoms with Crippen molar-refractivity contribution in [2.24, 2.45) is 0 Å². The smallest absolute Gasteiger partial charge is 0.244 e. The molecule has 0 radical (unpaired) electrons. The molecule has 1 saturated heterocycles. The highest BCUT2D eigenvalue weighted by atomic mass is 35.5. The van der Waals surface area contributed by atoms with Crippen molar-refractivity contribution in [3.05, 3.63) is 52.5 Å². The van der Waals surface area contributed by atoms with Crippen LogP contribution in [0.4, 0.5) is 0 Å². The minimum Gasteiger partial charge on any atom is -0.493 e. The van der Waals surface area contributed by atoms with Crippen molar-refractivity contribution in [3.63, 3.8) is 0 Å². The molecule has 1 amide bonds. The molecule has 4 rings (SSSR count). The van der Waals surface area contributed by atoms with Crippen molar-refractivity contribution in [2.75, 3.05) is 33.4 Å². The summed E-state index contributed by atoms with van der Waals surface area (Å²) in [6.07, 6.45) is 2.70. The lowest BCUT2D eigenvalue weighted by molar-refractivity contribution is -0.140. The van der Waals surface area contributed by atoms with Gasteiger partial charge in [-0.2, -0.15) is 5.10 Å². The largest absolute Gasteiger partial charge is 0.493 e. The van der Waals surface area contributed by atoms with Gasteiger partial charge in [-0.05, 0) is 49.2 Å². The molecule has 3 aromatic rings. The summed E-state index contributed by atoms with van der Waals surface area (Å²) in [6.45, 7) is 3.44. The van der Waals surface area contributed by atoms with Gasteiger partial charge in [-0.25, -0.2) is 0 Å². The van der Waals surface area contributed by atoms with Gasteiger partial charge in [0.1, 0.15) is 30.7 Å². The molecule has 10 heteroatoms. The summed E-state index contributed by atoms with van der Waals surface area (Å²) in [6, 6.07) is 11.3. The van der Waals surface area contributed by atoms with Crippen molar-refractivity contribution in [3.8, 4) is 22.1 Å². The van der Waals surface area contributed by atoms with Crippen LogP contribution in [-0.2, 0) is 27.3 Å². The quantitative estimate of drug-likeness (QED) is 0.402. The van der Waals surface area contributed by atoms with Gasteiger partial charge in [0, 0.05) is 19.2 Å². The van der Waals surface area contributed by atoms with E-state index in [1.54, 1.807) is 29.8 Å². The highest BCUT2D eigenvalue weighted by molar-refractivity contribution is 7.19. The van der Waals surface area contributed by atoms with Crippen LogP contribution < -0.4 is 9.47 Å². The summed E-state index contributed by atoms with van der Waals surface area (Å²) < 4.78 is 19.6. The third kappa shape index (κ3) is 6.84. The van der Waals surface area contributed by atoms with Crippen LogP contribution in [-0.4, -0.2) is 65.9 Å². The maximum Gasteiger partial charge on any atom is 0.244 e. The van der Waals surface area contributed by atoms with Gasteiger partial charge in [-0.15, -0.1) is 11.3 Å². The first-order valence-corrected chi connectivity index (χ1v) is 12.6. The Morgan fingerprint density at radius 3 is 2.83 bits per heavy atom. The number of Topliss-reactive ketones (excluding diaryl/α,β-unsaturated/α-hetero) is 1. The van der Waals surface area contributed by atoms with E-state index in [0.717, 1.165) is 16.1 Å². The minimum absolute atomic E-state index is 0.0235. The van der Waals surface area contributed by atoms with Crippen molar-refractivity contribution in [1.29, 1.82) is 0 Å². The van der Waals surface area contributed by atoms with E-state index >= 15 is 0 Å². The second-order valence-electron chi connectivity index (χ2n) is 8.33. The monoisotopic (exact) mass is 517 g/mol. The minimum atomic E-state index is -0.253. The molecule has 0 saturated carbocycles. The molecule has 1 fully saturated rings. The molecule has 1 unspecified atom stereocenters. The SMILES string of the molecule is COc1cc(CCC(C)=O)ccc1OCC1CN(C(=O)Cn2ccc(-c3ccc(Cl)s3)n2)CCO1. The molecule has 0 bridgehead atoms. The zero-order valence-electron chi connectivity index (χ0n) is 19.7. The normalized spacial score (nSPS) is 15.7. The molecule has 1 aliphatic rings. The number of aromatic nitrogens is 2. The average Bonchev–Trinajstić information content (AvgIpc) is 3.50. The van der Waals surface area contributed by atoms with Crippen LogP contribution in [0, 0.1) is 0 Å². The van der Waals surface area contributed by atoms with Crippen LogP contribution in [0.3, 0.4) is 0 Å². The van der Waals surface area contributed by atoms with Crippen molar-refractivity contribution < 1.29 is 23.8 Å². The molecule has 8 nitrogen and oxygen atoms in total. The predicted octanol–water partition coefficient (Wildman–Crippen LogP) is 4.10. The van der Waals surface area contributed by atoms with Gasteiger partial charge in [0.25, 0.3) is 0 Å². The number of carbonyl (C=O) groups excluding carboxylic acids is 2. The number of amides is 1. The molecule has 1 aliphatic heterocycles. The molecule has 1 atom stereocenters. The Bertz CT molecular complexity index is 1180. The van der Waals surface area contributed by atoms with E-state index in [1.165, 1.54) is 11.3 Å². The fourth-order valence-electron chi connectivity index (χ4n) is 3.81. The fourth-order valence-corrected chi connectivity index (χ4v) is 4.82. The van der Waals surface area contributed by atoms with E-state index in [-0.39, 0.29) is 30.9 Å². The number of halogens is 1. The summed E-state index contributed by atoms with van der Waals surface area (Å²) in [5, 5.41) is 4.50. The van der Waals surface area contributed by atoms with Gasteiger partial charge in [0.15, 0.2) is 11.5 Å². The first-order valence-electron chi connectivity index (χ1n) is 11.4. The summed E-state index contributed by atoms with van der Waals surface area (Å²) in [5.74, 6) is 1.34. The number of ketones is 1. The number of methoxy groups -OCH3 is 1. The van der Waals surface area contributed by atoms with Crippen LogP contribution >= 0.6 is 22.9 Å². The Morgan fingerprint density at radius 1 is 1.23 bits per heavy atom. The zero-order valence-corrected chi connectivity index (χ0v) is 21.3. The van der Waals surface area contributed by atoms with Gasteiger partial charge in [-0.1, -0.05) is 17.7 Å². The summed E-state index contributed by atoms with van der Waals surface area (Å²) in [7, 11) is 1.59. The van der Waals surface area contributed by atoms with Gasteiger partial charge < -0.3 is 23.9 Å². The van der Waals surface area contributed by atoms with Crippen LogP contribution in [0.2, 0.25) is 4.34 Å². The maximum absolute atomic E-state index is 12.9. The Balaban J connectivity index is 1.30. The Kier molecular flexibility index (Phi) is 8.43. The standard InChI is InChI=1S/C25H28ClN3O5S/c1-17(30)3-4-18-5-6-21(22(13-18)32-2)34-16-19-14-28(11-12-33-19)25(31)15-29-10-9-20(27-29)23-7-8-24(26)35-23/h5-10,13,19H,3-4,11-12,14-16H2,1-2H3. The molecular weight excluding hydrogens is 490 g/mol. The van der Waals surface area contributed by atoms with Crippen molar-refractivity contribution in [1.82, 2.24) is 14.7 Å². The van der Waals surface area contributed by atoms with Crippen LogP contribution in [0.5, 0.6) is 11.5 Å². The number of ether oxygens (including phenoxy) is 3. The highest BCUT2D eigenvalue weighted by Crippen LogP contribution is 2.30. The number of thiophene rings is 1. The van der Waals surface area contributed by atoms with E-state index in [0.29, 0.717) is 48.4 Å². The van der Waals surface area contributed by atoms with Gasteiger partial charge in [-0.3, -0.25) is 9.48 Å². The number of hydrogen-bond acceptors (Lipinski definition) is 7. The summed E-state index contributed by atoms with van der Waals surface area (Å²) >= 11 is 7.46. The first-order chi connectivity index (χ1) is 16.9. The van der Waals surface area contributed by atoms with E-state index in [4.69, 9.17) is 25.8 Å². The fraction of sp³-hybridized carbons (Fsp3) is 0.400. The second-order valence-corrected chi connectivity index (χ2v) is 10.0. The van der Waals surface area contributed by atoms with Gasteiger partial charge >= 0.3 is 0 Å². The lowest BCUT2D eigenvalue weighted by Crippen LogP contribution is -2.48. The number of carbonyl (C=O) groups is 2. The van der Waals surface area contributed by atoms with Gasteiger partial charge in [0.2, 0.25) is 5.91 Å². The Hall–Kier alpha value is -2.88. The van der Waals surface area contributed by atoms with Crippen LogP contribution in [0.1, 0.15) is 18.9 Å². The molecule has 0 spiro atoms. The average molecular weight is 518 g/mol. The number of morpholine rings is 1. The predicted molar refractivity (Wildman–Crippen MR) is 134 cm³/mol. The number of nitrogens with zero attached hydrogens (tertiary/aromatic N) is 3. The maximum atomic E-state index is 12.9. The third-order valence-corrected chi connectivity index (χ3v) is 6.93. The molecule has 3 heterocycles. The third-order valence-electron chi connectivity index (χ3n) is 5.67. The molecule has 0 aliphatic carbocycles. The van der Waals surface area contributed by atoms with Crippen molar-refractivity contribution in [2.45, 2.75) is 32.4 Å². The summed E-state index contributed by atoms with van der Waals surface area (Å²) in [5.41, 5.74) is 1.81. The van der Waals surface area contributed by atoms with E-state index in [1.807, 2.05) is 36.4 Å². The van der Waals surface area contributed by atoms with Gasteiger partial charge in [0.05, 0.1) is 29.5 Å². The molecule has 186 valence electrons. The first kappa shape index (κ1) is 25.2. The lowest BCUT2D eigenvalue weighted by atomic mass is 10.1. The second kappa shape index (κ2) is 11.7. The van der Waals surface area contributed by atoms with Crippen molar-refractivity contribution >= 4 is 34.6 Å². The highest BCUT2D eigenvalue weighted by Gasteiger charge is 2.25. The molecule has 1 aromatic carbocycles. The van der Waals surface area contributed by atoms with E-state index < -0.39 is 0 Å². The number of rotatable bonds is 10. The van der Waals surface area contributed by atoms with E-state index in [9.17, 15) is 9.59 Å². The summed E-state index contributed by atoms with van der Waals surface area (Å²) in [4.78, 5) is 26.9. The molecule has 2 aromatic heterocycles. The number of hydrogen-bond donors (Lipinski definition) is 0. The number of aryl methyl sites for hydroxylation is 1. The molecular formula is C25H28ClN3O5S. The number of benzene rings is 1. The zero-order chi connectivity index (χ0) is 24.8. The molecule has 35 heavy (non-hydrogen) atoms. The topological polar surface area (TPSA) is 82.9 Å². The van der Waals surface area contributed by atoms with Crippen LogP contribution in [0.25, 0.3) is 10.6 Å². The Morgan fingerprint density at radius 2 is 2.09 bits per heavy atom. The van der Waals surface area contributed by atoms with Crippen LogP contribution in [0.15, 0.2) is 42.6 Å². The molecule has 0 N–H and O–H groups in total. The Labute approximate surface area is 213 Å². The van der Waals surface area contributed by atoms with E-state index in [2.05, 4.69) is 5.10 Å². The lowest BCUT2D eigenvalue weighted by Gasteiger charge is -2.33.